The monoisotopic (exact) mass is 333 g/mol. The van der Waals surface area contributed by atoms with Crippen LogP contribution in [0.1, 0.15) is 24.0 Å². The number of aromatic amines is 1. The van der Waals surface area contributed by atoms with Crippen molar-refractivity contribution in [3.63, 3.8) is 0 Å². The highest BCUT2D eigenvalue weighted by molar-refractivity contribution is 7.92. The molecule has 0 aliphatic carbocycles. The summed E-state index contributed by atoms with van der Waals surface area (Å²) in [5.41, 5.74) is 3.27. The lowest BCUT2D eigenvalue weighted by atomic mass is 10.0. The Hall–Kier alpha value is -1.63. The summed E-state index contributed by atoms with van der Waals surface area (Å²) in [5, 5.41) is 2.37. The van der Waals surface area contributed by atoms with Crippen LogP contribution in [-0.2, 0) is 16.4 Å². The molecule has 0 spiro atoms. The van der Waals surface area contributed by atoms with E-state index >= 15 is 0 Å². The highest BCUT2D eigenvalue weighted by Gasteiger charge is 2.22. The average molecular weight is 333 g/mol. The zero-order chi connectivity index (χ0) is 16.4. The number of benzene rings is 1. The first-order valence-corrected chi connectivity index (χ1v) is 9.45. The van der Waals surface area contributed by atoms with Crippen LogP contribution in [-0.4, -0.2) is 45.0 Å². The molecule has 6 heteroatoms. The van der Waals surface area contributed by atoms with Crippen molar-refractivity contribution in [2.75, 3.05) is 20.6 Å². The fraction of sp³-hybridized carbons (Fsp3) is 0.412. The van der Waals surface area contributed by atoms with Crippen molar-refractivity contribution in [3.05, 3.63) is 40.9 Å². The van der Waals surface area contributed by atoms with Crippen molar-refractivity contribution < 1.29 is 8.42 Å². The van der Waals surface area contributed by atoms with Gasteiger partial charge in [-0.05, 0) is 69.2 Å². The van der Waals surface area contributed by atoms with Crippen LogP contribution >= 0.6 is 0 Å². The van der Waals surface area contributed by atoms with E-state index in [9.17, 15) is 8.42 Å². The summed E-state index contributed by atoms with van der Waals surface area (Å²) < 4.78 is 25.3. The molecule has 1 fully saturated rings. The number of fused-ring (bicyclic) bond motifs is 1. The summed E-state index contributed by atoms with van der Waals surface area (Å²) in [6, 6.07) is 6.57. The summed E-state index contributed by atoms with van der Waals surface area (Å²) >= 11 is 0. The fourth-order valence-electron chi connectivity index (χ4n) is 3.20. The molecular formula is C17H23N3O2S. The smallest absolute Gasteiger partial charge is 0.233 e. The van der Waals surface area contributed by atoms with E-state index in [4.69, 9.17) is 0 Å². The number of sulfonamides is 1. The zero-order valence-corrected chi connectivity index (χ0v) is 14.4. The normalized spacial score (nSPS) is 20.0. The summed E-state index contributed by atoms with van der Waals surface area (Å²) in [6.45, 7) is 1.17. The lowest BCUT2D eigenvalue weighted by Gasteiger charge is -2.18. The minimum atomic E-state index is -3.34. The third-order valence-electron chi connectivity index (χ3n) is 4.64. The van der Waals surface area contributed by atoms with Gasteiger partial charge in [-0.3, -0.25) is 0 Å². The number of nitrogens with one attached hydrogen (secondary N) is 2. The number of likely N-dealkylation sites (tertiary alicyclic amines) is 1. The largest absolute Gasteiger partial charge is 0.361 e. The molecule has 5 nitrogen and oxygen atoms in total. The minimum absolute atomic E-state index is 0.595. The molecule has 2 heterocycles. The molecule has 3 rings (SSSR count). The first-order valence-electron chi connectivity index (χ1n) is 7.90. The van der Waals surface area contributed by atoms with Crippen molar-refractivity contribution in [2.45, 2.75) is 25.3 Å². The van der Waals surface area contributed by atoms with Gasteiger partial charge in [0.1, 0.15) is 0 Å². The topological polar surface area (TPSA) is 65.2 Å². The van der Waals surface area contributed by atoms with E-state index in [0.29, 0.717) is 6.04 Å². The fourth-order valence-corrected chi connectivity index (χ4v) is 3.67. The van der Waals surface area contributed by atoms with Gasteiger partial charge in [-0.25, -0.2) is 13.1 Å². The number of rotatable bonds is 5. The molecule has 23 heavy (non-hydrogen) atoms. The van der Waals surface area contributed by atoms with Crippen molar-refractivity contribution >= 4 is 27.0 Å². The van der Waals surface area contributed by atoms with E-state index in [1.54, 1.807) is 6.08 Å². The molecule has 2 N–H and O–H groups in total. The highest BCUT2D eigenvalue weighted by atomic mass is 32.2. The Morgan fingerprint density at radius 1 is 1.43 bits per heavy atom. The predicted octanol–water partition coefficient (Wildman–Crippen LogP) is 2.32. The second-order valence-electron chi connectivity index (χ2n) is 6.15. The van der Waals surface area contributed by atoms with Crippen molar-refractivity contribution in [3.8, 4) is 0 Å². The Morgan fingerprint density at radius 2 is 2.26 bits per heavy atom. The molecular weight excluding hydrogens is 310 g/mol. The number of hydrogen-bond donors (Lipinski definition) is 2. The van der Waals surface area contributed by atoms with Gasteiger partial charge in [0.15, 0.2) is 0 Å². The maximum atomic E-state index is 11.5. The van der Waals surface area contributed by atoms with Gasteiger partial charge in [0.25, 0.3) is 0 Å². The maximum absolute atomic E-state index is 11.5. The number of nitrogens with zero attached hydrogens (tertiary/aromatic N) is 1. The van der Waals surface area contributed by atoms with Crippen LogP contribution in [0.4, 0.5) is 0 Å². The van der Waals surface area contributed by atoms with Crippen LogP contribution in [0, 0.1) is 0 Å². The molecule has 0 bridgehead atoms. The van der Waals surface area contributed by atoms with Gasteiger partial charge in [0.2, 0.25) is 10.0 Å². The second-order valence-corrected chi connectivity index (χ2v) is 7.92. The average Bonchev–Trinajstić information content (AvgIpc) is 3.13. The zero-order valence-electron chi connectivity index (χ0n) is 13.5. The summed E-state index contributed by atoms with van der Waals surface area (Å²) in [4.78, 5) is 5.73. The van der Waals surface area contributed by atoms with Crippen LogP contribution in [0.5, 0.6) is 0 Å². The van der Waals surface area contributed by atoms with Gasteiger partial charge in [-0.15, -0.1) is 0 Å². The van der Waals surface area contributed by atoms with Crippen LogP contribution in [0.2, 0.25) is 0 Å². The molecule has 124 valence electrons. The Kier molecular flexibility index (Phi) is 4.57. The van der Waals surface area contributed by atoms with Gasteiger partial charge in [-0.1, -0.05) is 6.07 Å². The molecule has 1 saturated heterocycles. The molecule has 0 radical (unpaired) electrons. The Balaban J connectivity index is 1.88. The summed E-state index contributed by atoms with van der Waals surface area (Å²) in [5.74, 6) is 0. The lowest BCUT2D eigenvalue weighted by molar-refractivity contribution is 0.310. The molecule has 1 aliphatic rings. The van der Waals surface area contributed by atoms with E-state index in [0.717, 1.165) is 17.5 Å². The standard InChI is InChI=1S/C17H23N3O2S/c1-18-23(21,22)9-7-13-5-6-17-16(10-13)14(12-19-17)11-15-4-3-8-20(15)2/h5-7,9-10,12,15,18-19H,3-4,8,11H2,1-2H3/b9-7+/t15-/m1/s1. The highest BCUT2D eigenvalue weighted by Crippen LogP contribution is 2.25. The Bertz CT molecular complexity index is 823. The molecule has 1 aromatic carbocycles. The lowest BCUT2D eigenvalue weighted by Crippen LogP contribution is -2.26. The molecule has 0 amide bonds. The van der Waals surface area contributed by atoms with Crippen LogP contribution in [0.25, 0.3) is 17.0 Å². The first kappa shape index (κ1) is 16.2. The van der Waals surface area contributed by atoms with E-state index < -0.39 is 10.0 Å². The second kappa shape index (κ2) is 6.47. The molecule has 1 atom stereocenters. The van der Waals surface area contributed by atoms with Crippen LogP contribution < -0.4 is 4.72 Å². The minimum Gasteiger partial charge on any atom is -0.361 e. The maximum Gasteiger partial charge on any atom is 0.233 e. The van der Waals surface area contributed by atoms with Gasteiger partial charge >= 0.3 is 0 Å². The van der Waals surface area contributed by atoms with Gasteiger partial charge in [-0.2, -0.15) is 0 Å². The Labute approximate surface area is 137 Å². The molecule has 1 aromatic heterocycles. The Morgan fingerprint density at radius 3 is 2.96 bits per heavy atom. The molecule has 0 unspecified atom stereocenters. The predicted molar refractivity (Wildman–Crippen MR) is 94.7 cm³/mol. The van der Waals surface area contributed by atoms with Crippen LogP contribution in [0.3, 0.4) is 0 Å². The quantitative estimate of drug-likeness (QED) is 0.882. The van der Waals surface area contributed by atoms with Gasteiger partial charge in [0, 0.05) is 28.5 Å². The van der Waals surface area contributed by atoms with E-state index in [1.807, 2.05) is 12.1 Å². The molecule has 2 aromatic rings. The third kappa shape index (κ3) is 3.65. The number of hydrogen-bond acceptors (Lipinski definition) is 3. The van der Waals surface area contributed by atoms with E-state index in [1.165, 1.54) is 42.8 Å². The third-order valence-corrected chi connectivity index (χ3v) is 5.71. The number of likely N-dealkylation sites (N-methyl/N-ethyl adjacent to an activating group) is 1. The number of aromatic nitrogens is 1. The van der Waals surface area contributed by atoms with Crippen LogP contribution in [0.15, 0.2) is 29.8 Å². The summed E-state index contributed by atoms with van der Waals surface area (Å²) in [7, 11) is 0.253. The van der Waals surface area contributed by atoms with Crippen molar-refractivity contribution in [1.29, 1.82) is 0 Å². The van der Waals surface area contributed by atoms with Gasteiger partial charge < -0.3 is 9.88 Å². The molecule has 1 aliphatic heterocycles. The number of H-pyrrole nitrogens is 1. The first-order chi connectivity index (χ1) is 11.0. The van der Waals surface area contributed by atoms with Gasteiger partial charge in [0.05, 0.1) is 0 Å². The SMILES string of the molecule is CNS(=O)(=O)/C=C/c1ccc2[nH]cc(C[C@H]3CCCN3C)c2c1. The van der Waals surface area contributed by atoms with Crippen molar-refractivity contribution in [2.24, 2.45) is 0 Å². The summed E-state index contributed by atoms with van der Waals surface area (Å²) in [6.07, 6.45) is 7.24. The van der Waals surface area contributed by atoms with Crippen molar-refractivity contribution in [1.82, 2.24) is 14.6 Å². The molecule has 0 saturated carbocycles. The van der Waals surface area contributed by atoms with E-state index in [2.05, 4.69) is 33.9 Å². The van der Waals surface area contributed by atoms with E-state index in [-0.39, 0.29) is 0 Å².